The molecule has 0 radical (unpaired) electrons. The van der Waals surface area contributed by atoms with Crippen molar-refractivity contribution in [3.05, 3.63) is 34.9 Å². The lowest BCUT2D eigenvalue weighted by atomic mass is 10.3. The van der Waals surface area contributed by atoms with Gasteiger partial charge >= 0.3 is 5.97 Å². The van der Waals surface area contributed by atoms with Gasteiger partial charge in [-0.25, -0.2) is 4.79 Å². The van der Waals surface area contributed by atoms with Crippen LogP contribution in [0.1, 0.15) is 13.8 Å². The minimum Gasteiger partial charge on any atom is -0.461 e. The Hall–Kier alpha value is -1.42. The fourth-order valence-corrected chi connectivity index (χ4v) is 2.44. The molecule has 0 amide bonds. The van der Waals surface area contributed by atoms with Gasteiger partial charge in [0.05, 0.1) is 12.3 Å². The molecular weight excluding hydrogens is 222 g/mol. The van der Waals surface area contributed by atoms with Gasteiger partial charge in [-0.2, -0.15) is 0 Å². The highest BCUT2D eigenvalue weighted by Gasteiger charge is 2.21. The number of rotatable bonds is 2. The van der Waals surface area contributed by atoms with E-state index in [1.807, 2.05) is 31.2 Å². The summed E-state index contributed by atoms with van der Waals surface area (Å²) in [5.74, 6) is -0.290. The second-order valence-corrected chi connectivity index (χ2v) is 4.63. The molecule has 1 aromatic carbocycles. The molecular formula is C12H13NO2S. The molecule has 0 aliphatic carbocycles. The van der Waals surface area contributed by atoms with Gasteiger partial charge in [-0.1, -0.05) is 23.9 Å². The number of hydrogen-bond acceptors (Lipinski definition) is 4. The lowest BCUT2D eigenvalue weighted by Crippen LogP contribution is -2.18. The van der Waals surface area contributed by atoms with Gasteiger partial charge in [0.2, 0.25) is 0 Å². The van der Waals surface area contributed by atoms with Crippen LogP contribution < -0.4 is 5.32 Å². The molecule has 0 fully saturated rings. The molecule has 0 saturated heterocycles. The molecule has 84 valence electrons. The van der Waals surface area contributed by atoms with Crippen molar-refractivity contribution in [2.75, 3.05) is 11.9 Å². The molecule has 1 N–H and O–H groups in total. The number of hydrogen-bond donors (Lipinski definition) is 1. The van der Waals surface area contributed by atoms with Gasteiger partial charge in [-0.05, 0) is 26.0 Å². The molecule has 0 unspecified atom stereocenters. The number of thioether (sulfide) groups is 1. The number of carbonyl (C=O) groups excluding carboxylic acids is 1. The van der Waals surface area contributed by atoms with Gasteiger partial charge < -0.3 is 10.1 Å². The summed E-state index contributed by atoms with van der Waals surface area (Å²) in [5, 5.41) is 3.12. The predicted molar refractivity (Wildman–Crippen MR) is 65.3 cm³/mol. The molecule has 1 aliphatic heterocycles. The highest BCUT2D eigenvalue weighted by atomic mass is 32.2. The van der Waals surface area contributed by atoms with Gasteiger partial charge in [-0.15, -0.1) is 0 Å². The molecule has 2 rings (SSSR count). The van der Waals surface area contributed by atoms with Gasteiger partial charge in [0, 0.05) is 9.80 Å². The average molecular weight is 235 g/mol. The summed E-state index contributed by atoms with van der Waals surface area (Å²) >= 11 is 1.59. The number of benzene rings is 1. The standard InChI is InChI=1S/C12H13NO2S/c1-3-15-12(14)11-8(2)16-10-7-5-4-6-9(10)13-11/h4-7,13H,3H2,1-2H3. The summed E-state index contributed by atoms with van der Waals surface area (Å²) in [7, 11) is 0. The molecule has 0 bridgehead atoms. The minimum atomic E-state index is -0.290. The quantitative estimate of drug-likeness (QED) is 0.800. The molecule has 1 aliphatic rings. The fraction of sp³-hybridized carbons (Fsp3) is 0.250. The second-order valence-electron chi connectivity index (χ2n) is 3.37. The van der Waals surface area contributed by atoms with Crippen molar-refractivity contribution in [1.82, 2.24) is 0 Å². The van der Waals surface area contributed by atoms with Crippen LogP contribution in [0.5, 0.6) is 0 Å². The Kier molecular flexibility index (Phi) is 3.19. The SMILES string of the molecule is CCOC(=O)C1=C(C)Sc2ccccc2N1. The number of para-hydroxylation sites is 1. The van der Waals surface area contributed by atoms with E-state index in [1.165, 1.54) is 0 Å². The minimum absolute atomic E-state index is 0.290. The normalized spacial score (nSPS) is 14.1. The second kappa shape index (κ2) is 4.61. The van der Waals surface area contributed by atoms with Crippen molar-refractivity contribution < 1.29 is 9.53 Å². The van der Waals surface area contributed by atoms with Gasteiger partial charge in [0.1, 0.15) is 5.70 Å². The van der Waals surface area contributed by atoms with Crippen molar-refractivity contribution in [1.29, 1.82) is 0 Å². The average Bonchev–Trinajstić information content (AvgIpc) is 2.28. The first-order chi connectivity index (χ1) is 7.72. The third kappa shape index (κ3) is 2.07. The Labute approximate surface area is 98.9 Å². The van der Waals surface area contributed by atoms with Crippen LogP contribution in [0.3, 0.4) is 0 Å². The largest absolute Gasteiger partial charge is 0.461 e. The first kappa shape index (κ1) is 11.1. The maximum Gasteiger partial charge on any atom is 0.355 e. The highest BCUT2D eigenvalue weighted by molar-refractivity contribution is 8.03. The molecule has 0 aromatic heterocycles. The van der Waals surface area contributed by atoms with Crippen LogP contribution in [-0.4, -0.2) is 12.6 Å². The van der Waals surface area contributed by atoms with Gasteiger partial charge in [-0.3, -0.25) is 0 Å². The third-order valence-corrected chi connectivity index (χ3v) is 3.33. The van der Waals surface area contributed by atoms with Crippen molar-refractivity contribution in [3.63, 3.8) is 0 Å². The van der Waals surface area contributed by atoms with E-state index in [2.05, 4.69) is 5.32 Å². The maximum absolute atomic E-state index is 11.7. The Balaban J connectivity index is 2.27. The molecule has 1 aromatic rings. The van der Waals surface area contributed by atoms with Gasteiger partial charge in [0.25, 0.3) is 0 Å². The van der Waals surface area contributed by atoms with Crippen LogP contribution in [0, 0.1) is 0 Å². The first-order valence-electron chi connectivity index (χ1n) is 5.14. The zero-order chi connectivity index (χ0) is 11.5. The van der Waals surface area contributed by atoms with Crippen molar-refractivity contribution in [2.24, 2.45) is 0 Å². The van der Waals surface area contributed by atoms with Crippen LogP contribution in [0.4, 0.5) is 5.69 Å². The number of anilines is 1. The van der Waals surface area contributed by atoms with Crippen LogP contribution in [-0.2, 0) is 9.53 Å². The van der Waals surface area contributed by atoms with Crippen molar-refractivity contribution >= 4 is 23.4 Å². The van der Waals surface area contributed by atoms with E-state index in [4.69, 9.17) is 4.74 Å². The number of esters is 1. The number of nitrogens with one attached hydrogen (secondary N) is 1. The number of ether oxygens (including phenoxy) is 1. The van der Waals surface area contributed by atoms with E-state index in [0.29, 0.717) is 12.3 Å². The van der Waals surface area contributed by atoms with Crippen LogP contribution in [0.2, 0.25) is 0 Å². The number of allylic oxidation sites excluding steroid dienone is 1. The smallest absolute Gasteiger partial charge is 0.355 e. The van der Waals surface area contributed by atoms with E-state index in [9.17, 15) is 4.79 Å². The van der Waals surface area contributed by atoms with Crippen molar-refractivity contribution in [3.8, 4) is 0 Å². The Morgan fingerprint density at radius 2 is 2.19 bits per heavy atom. The summed E-state index contributed by atoms with van der Waals surface area (Å²) in [5.41, 5.74) is 1.51. The van der Waals surface area contributed by atoms with E-state index in [1.54, 1.807) is 18.7 Å². The van der Waals surface area contributed by atoms with E-state index in [0.717, 1.165) is 15.5 Å². The molecule has 3 nitrogen and oxygen atoms in total. The van der Waals surface area contributed by atoms with E-state index in [-0.39, 0.29) is 5.97 Å². The molecule has 0 spiro atoms. The summed E-state index contributed by atoms with van der Waals surface area (Å²) in [4.78, 5) is 13.7. The fourth-order valence-electron chi connectivity index (χ4n) is 1.50. The molecule has 4 heteroatoms. The molecule has 0 atom stereocenters. The molecule has 0 saturated carbocycles. The third-order valence-electron chi connectivity index (χ3n) is 2.24. The molecule has 1 heterocycles. The monoisotopic (exact) mass is 235 g/mol. The summed E-state index contributed by atoms with van der Waals surface area (Å²) < 4.78 is 4.99. The van der Waals surface area contributed by atoms with Crippen LogP contribution >= 0.6 is 11.8 Å². The number of carbonyl (C=O) groups is 1. The molecule has 16 heavy (non-hydrogen) atoms. The Morgan fingerprint density at radius 3 is 2.94 bits per heavy atom. The highest BCUT2D eigenvalue weighted by Crippen LogP contribution is 2.39. The topological polar surface area (TPSA) is 38.3 Å². The summed E-state index contributed by atoms with van der Waals surface area (Å²) in [6.45, 7) is 4.11. The lowest BCUT2D eigenvalue weighted by molar-refractivity contribution is -0.138. The Bertz CT molecular complexity index is 454. The van der Waals surface area contributed by atoms with E-state index < -0.39 is 0 Å². The maximum atomic E-state index is 11.7. The predicted octanol–water partition coefficient (Wildman–Crippen LogP) is 3.00. The zero-order valence-corrected chi connectivity index (χ0v) is 10.1. The first-order valence-corrected chi connectivity index (χ1v) is 5.96. The Morgan fingerprint density at radius 1 is 1.44 bits per heavy atom. The van der Waals surface area contributed by atoms with Crippen LogP contribution in [0.25, 0.3) is 0 Å². The van der Waals surface area contributed by atoms with E-state index >= 15 is 0 Å². The van der Waals surface area contributed by atoms with Gasteiger partial charge in [0.15, 0.2) is 0 Å². The zero-order valence-electron chi connectivity index (χ0n) is 9.24. The summed E-state index contributed by atoms with van der Waals surface area (Å²) in [6, 6.07) is 7.90. The lowest BCUT2D eigenvalue weighted by Gasteiger charge is -2.20. The number of fused-ring (bicyclic) bond motifs is 1. The van der Waals surface area contributed by atoms with Crippen LogP contribution in [0.15, 0.2) is 39.8 Å². The van der Waals surface area contributed by atoms with Crippen molar-refractivity contribution in [2.45, 2.75) is 18.7 Å². The summed E-state index contributed by atoms with van der Waals surface area (Å²) in [6.07, 6.45) is 0.